The molecule has 0 fully saturated rings. The van der Waals surface area contributed by atoms with Crippen molar-refractivity contribution < 1.29 is 38.8 Å². The number of amides is 1. The predicted molar refractivity (Wildman–Crippen MR) is 214 cm³/mol. The minimum Gasteiger partial charge on any atom is -0.481 e. The first-order chi connectivity index (χ1) is 25.3. The van der Waals surface area contributed by atoms with Gasteiger partial charge in [-0.05, 0) is 50.3 Å². The number of nitrogens with one attached hydrogen (secondary N) is 1. The lowest BCUT2D eigenvalue weighted by Gasteiger charge is -2.18. The van der Waals surface area contributed by atoms with Crippen molar-refractivity contribution in [1.29, 1.82) is 0 Å². The van der Waals surface area contributed by atoms with E-state index >= 15 is 0 Å². The Hall–Kier alpha value is -1.44. The number of carboxylic acid groups (broad SMARTS) is 2. The molecule has 0 aliphatic carbocycles. The molecule has 52 heavy (non-hydrogen) atoms. The van der Waals surface area contributed by atoms with Crippen molar-refractivity contribution in [3.8, 4) is 0 Å². The van der Waals surface area contributed by atoms with Crippen LogP contribution in [0.1, 0.15) is 161 Å². The number of ether oxygens (including phenoxy) is 3. The fourth-order valence-corrected chi connectivity index (χ4v) is 7.35. The first-order valence-corrected chi connectivity index (χ1v) is 22.0. The topological polar surface area (TPSA) is 183 Å². The highest BCUT2D eigenvalue weighted by Crippen LogP contribution is 2.24. The lowest BCUT2D eigenvalue weighted by Crippen LogP contribution is -2.36. The van der Waals surface area contributed by atoms with Crippen LogP contribution >= 0.6 is 11.8 Å². The first kappa shape index (κ1) is 50.6. The van der Waals surface area contributed by atoms with Gasteiger partial charge in [0.2, 0.25) is 5.91 Å². The van der Waals surface area contributed by atoms with Crippen LogP contribution in [0.3, 0.4) is 0 Å². The Morgan fingerprint density at radius 1 is 0.519 bits per heavy atom. The molecule has 0 heterocycles. The summed E-state index contributed by atoms with van der Waals surface area (Å²) < 4.78 is 16.3. The Balaban J connectivity index is 4.03. The molecule has 7 N–H and O–H groups in total. The molecule has 0 aromatic rings. The number of carboxylic acids is 2. The quantitative estimate of drug-likeness (QED) is 0.0383. The maximum absolute atomic E-state index is 10.6. The van der Waals surface area contributed by atoms with Crippen molar-refractivity contribution in [2.45, 2.75) is 167 Å². The third kappa shape index (κ3) is 43.0. The van der Waals surface area contributed by atoms with E-state index in [0.717, 1.165) is 69.7 Å². The molecular weight excluding hydrogens is 683 g/mol. The Bertz CT molecular complexity index is 811. The van der Waals surface area contributed by atoms with Gasteiger partial charge in [0.25, 0.3) is 0 Å². The number of carbonyl (C=O) groups excluding carboxylic acids is 1. The molecule has 0 saturated carbocycles. The number of hydrogen-bond acceptors (Lipinski definition) is 9. The van der Waals surface area contributed by atoms with Crippen LogP contribution in [0.25, 0.3) is 0 Å². The third-order valence-electron chi connectivity index (χ3n) is 9.23. The predicted octanol–water partition coefficient (Wildman–Crippen LogP) is 7.71. The van der Waals surface area contributed by atoms with Gasteiger partial charge in [0.1, 0.15) is 0 Å². The van der Waals surface area contributed by atoms with E-state index in [1.165, 1.54) is 102 Å². The molecule has 0 aromatic heterocycles. The Kier molecular flexibility index (Phi) is 39.6. The van der Waals surface area contributed by atoms with Crippen LogP contribution in [0.2, 0.25) is 0 Å². The lowest BCUT2D eigenvalue weighted by molar-refractivity contribution is -0.138. The smallest absolute Gasteiger partial charge is 0.303 e. The lowest BCUT2D eigenvalue weighted by atomic mass is 9.95. The van der Waals surface area contributed by atoms with Crippen LogP contribution in [0, 0.1) is 5.92 Å². The van der Waals surface area contributed by atoms with Crippen molar-refractivity contribution >= 4 is 29.6 Å². The number of rotatable bonds is 44. The van der Waals surface area contributed by atoms with E-state index in [4.69, 9.17) is 35.9 Å². The Morgan fingerprint density at radius 3 is 1.37 bits per heavy atom. The molecule has 11 nitrogen and oxygen atoms in total. The largest absolute Gasteiger partial charge is 0.481 e. The van der Waals surface area contributed by atoms with Gasteiger partial charge in [0.15, 0.2) is 0 Å². The van der Waals surface area contributed by atoms with Crippen LogP contribution in [0.4, 0.5) is 0 Å². The van der Waals surface area contributed by atoms with Crippen LogP contribution < -0.4 is 16.8 Å². The van der Waals surface area contributed by atoms with E-state index in [1.807, 2.05) is 11.8 Å². The highest BCUT2D eigenvalue weighted by Gasteiger charge is 2.11. The maximum atomic E-state index is 10.6. The summed E-state index contributed by atoms with van der Waals surface area (Å²) in [4.78, 5) is 31.9. The number of unbranched alkanes of at least 4 members (excludes halogenated alkanes) is 17. The number of carbonyl (C=O) groups is 3. The maximum Gasteiger partial charge on any atom is 0.303 e. The minimum atomic E-state index is -0.681. The van der Waals surface area contributed by atoms with Crippen molar-refractivity contribution in [1.82, 2.24) is 5.32 Å². The summed E-state index contributed by atoms with van der Waals surface area (Å²) in [5.41, 5.74) is 11.5. The fraction of sp³-hybridized carbons (Fsp3) is 0.925. The number of aliphatic carboxylic acids is 2. The summed E-state index contributed by atoms with van der Waals surface area (Å²) in [6, 6.07) is 0.145. The van der Waals surface area contributed by atoms with E-state index in [2.05, 4.69) is 5.32 Å². The Labute approximate surface area is 321 Å². The van der Waals surface area contributed by atoms with Gasteiger partial charge >= 0.3 is 11.9 Å². The zero-order valence-corrected chi connectivity index (χ0v) is 33.6. The molecule has 0 aliphatic heterocycles. The van der Waals surface area contributed by atoms with Crippen LogP contribution in [-0.4, -0.2) is 98.3 Å². The summed E-state index contributed by atoms with van der Waals surface area (Å²) in [5.74, 6) is 1.22. The second kappa shape index (κ2) is 40.7. The summed E-state index contributed by atoms with van der Waals surface area (Å²) in [6.45, 7) is 4.71. The second-order valence-electron chi connectivity index (χ2n) is 14.4. The minimum absolute atomic E-state index is 0.145. The molecule has 0 bridgehead atoms. The number of thioether (sulfide) groups is 1. The molecule has 0 rings (SSSR count). The highest BCUT2D eigenvalue weighted by molar-refractivity contribution is 7.99. The van der Waals surface area contributed by atoms with Crippen molar-refractivity contribution in [2.24, 2.45) is 17.4 Å². The Morgan fingerprint density at radius 2 is 0.923 bits per heavy atom. The zero-order chi connectivity index (χ0) is 38.2. The van der Waals surface area contributed by atoms with Crippen molar-refractivity contribution in [3.63, 3.8) is 0 Å². The molecule has 0 aliphatic rings. The number of primary amides is 1. The van der Waals surface area contributed by atoms with Crippen molar-refractivity contribution in [3.05, 3.63) is 0 Å². The molecule has 2 atom stereocenters. The zero-order valence-electron chi connectivity index (χ0n) is 32.8. The van der Waals surface area contributed by atoms with Gasteiger partial charge in [-0.15, -0.1) is 0 Å². The van der Waals surface area contributed by atoms with Gasteiger partial charge in [-0.1, -0.05) is 109 Å². The van der Waals surface area contributed by atoms with E-state index < -0.39 is 11.9 Å². The monoisotopic (exact) mass is 762 g/mol. The average Bonchev–Trinajstić information content (AvgIpc) is 3.10. The van der Waals surface area contributed by atoms with E-state index in [1.54, 1.807) is 0 Å². The SMILES string of the molecule is NC(=O)CCOCCOCCOCCCNC[C@@H](N)CSC[C@H](CCCCCCCCCCCCC(=O)O)CCCCCCCCCCCC(=O)O. The number of nitrogens with two attached hydrogens (primary N) is 2. The molecule has 0 aromatic carbocycles. The van der Waals surface area contributed by atoms with Crippen LogP contribution in [0.15, 0.2) is 0 Å². The summed E-state index contributed by atoms with van der Waals surface area (Å²) in [6.07, 6.45) is 27.2. The molecule has 0 unspecified atom stereocenters. The van der Waals surface area contributed by atoms with Gasteiger partial charge in [0.05, 0.1) is 33.0 Å². The van der Waals surface area contributed by atoms with Crippen molar-refractivity contribution in [2.75, 3.05) is 64.2 Å². The van der Waals surface area contributed by atoms with E-state index in [-0.39, 0.29) is 18.4 Å². The fourth-order valence-electron chi connectivity index (χ4n) is 6.13. The average molecular weight is 762 g/mol. The number of hydrogen-bond donors (Lipinski definition) is 5. The van der Waals surface area contributed by atoms with E-state index in [9.17, 15) is 14.4 Å². The third-order valence-corrected chi connectivity index (χ3v) is 10.6. The van der Waals surface area contributed by atoms with Gasteiger partial charge in [-0.2, -0.15) is 11.8 Å². The van der Waals surface area contributed by atoms with Gasteiger partial charge in [0, 0.05) is 44.2 Å². The summed E-state index contributed by atoms with van der Waals surface area (Å²) in [7, 11) is 0. The molecule has 0 spiro atoms. The normalized spacial score (nSPS) is 12.6. The first-order valence-electron chi connectivity index (χ1n) is 20.8. The summed E-state index contributed by atoms with van der Waals surface area (Å²) >= 11 is 2.02. The molecule has 12 heteroatoms. The van der Waals surface area contributed by atoms with Gasteiger partial charge in [-0.25, -0.2) is 0 Å². The molecule has 0 saturated heterocycles. The van der Waals surface area contributed by atoms with E-state index in [0.29, 0.717) is 52.5 Å². The van der Waals surface area contributed by atoms with Gasteiger partial charge < -0.3 is 41.2 Å². The molecule has 308 valence electrons. The summed E-state index contributed by atoms with van der Waals surface area (Å²) in [5, 5.41) is 21.0. The van der Waals surface area contributed by atoms with Crippen LogP contribution in [-0.2, 0) is 28.6 Å². The standard InChI is InChI=1S/C40H79N3O8S/c41-37(33-43-26-20-27-49-29-31-51-32-30-50-28-25-38(42)44)35-52-34-36(22-17-13-9-5-3-7-11-15-19-24-40(47)48)21-16-12-8-4-1-2-6-10-14-18-23-39(45)46/h36-37,43H,1-35,41H2,(H2,42,44)(H,45,46)(H,47,48)/t36-,37-/m1/s1. The van der Waals surface area contributed by atoms with Crippen LogP contribution in [0.5, 0.6) is 0 Å². The van der Waals surface area contributed by atoms with Gasteiger partial charge in [-0.3, -0.25) is 14.4 Å². The molecule has 1 amide bonds. The molecule has 0 radical (unpaired) electrons. The molecular formula is C40H79N3O8S. The highest BCUT2D eigenvalue weighted by atomic mass is 32.2. The second-order valence-corrected chi connectivity index (χ2v) is 15.4.